The molecule has 0 atom stereocenters. The summed E-state index contributed by atoms with van der Waals surface area (Å²) in [7, 11) is 0. The number of nitrogens with zero attached hydrogens (tertiary/aromatic N) is 4. The molecular formula is C25H48N4. The monoisotopic (exact) mass is 404 g/mol. The Bertz CT molecular complexity index is 528. The Balaban J connectivity index is 1.18. The maximum Gasteiger partial charge on any atom is 0.0125 e. The Morgan fingerprint density at radius 3 is 1.41 bits per heavy atom. The minimum Gasteiger partial charge on any atom is -0.298 e. The first kappa shape index (κ1) is 22.0. The van der Waals surface area contributed by atoms with Gasteiger partial charge in [-0.25, -0.2) is 0 Å². The van der Waals surface area contributed by atoms with Gasteiger partial charge in [0.1, 0.15) is 0 Å². The molecule has 3 saturated heterocycles. The summed E-state index contributed by atoms with van der Waals surface area (Å²) in [6.07, 6.45) is 8.58. The zero-order chi connectivity index (χ0) is 20.9. The van der Waals surface area contributed by atoms with Gasteiger partial charge in [-0.1, -0.05) is 0 Å². The third kappa shape index (κ3) is 4.86. The molecule has 0 N–H and O–H groups in total. The molecule has 0 aromatic heterocycles. The topological polar surface area (TPSA) is 13.0 Å². The first-order chi connectivity index (χ1) is 13.6. The molecule has 1 spiro atoms. The minimum atomic E-state index is 0.340. The largest absolute Gasteiger partial charge is 0.298 e. The second-order valence-electron chi connectivity index (χ2n) is 12.7. The van der Waals surface area contributed by atoms with Crippen LogP contribution in [0.1, 0.15) is 80.1 Å². The van der Waals surface area contributed by atoms with E-state index in [-0.39, 0.29) is 0 Å². The lowest BCUT2D eigenvalue weighted by atomic mass is 9.59. The lowest BCUT2D eigenvalue weighted by molar-refractivity contribution is -0.0721. The lowest BCUT2D eigenvalue weighted by Gasteiger charge is -2.58. The number of likely N-dealkylation sites (tertiary alicyclic amines) is 2. The van der Waals surface area contributed by atoms with Gasteiger partial charge >= 0.3 is 0 Å². The first-order valence-corrected chi connectivity index (χ1v) is 12.5. The van der Waals surface area contributed by atoms with Crippen LogP contribution in [0.25, 0.3) is 0 Å². The smallest absolute Gasteiger partial charge is 0.0125 e. The van der Waals surface area contributed by atoms with Gasteiger partial charge < -0.3 is 0 Å². The van der Waals surface area contributed by atoms with E-state index in [9.17, 15) is 0 Å². The molecule has 1 aliphatic carbocycles. The predicted octanol–water partition coefficient (Wildman–Crippen LogP) is 3.91. The van der Waals surface area contributed by atoms with E-state index in [1.807, 2.05) is 0 Å². The Kier molecular flexibility index (Phi) is 6.14. The van der Waals surface area contributed by atoms with Crippen LogP contribution in [0.5, 0.6) is 0 Å². The highest BCUT2D eigenvalue weighted by Gasteiger charge is 2.49. The third-order valence-corrected chi connectivity index (χ3v) is 8.90. The quantitative estimate of drug-likeness (QED) is 0.692. The summed E-state index contributed by atoms with van der Waals surface area (Å²) >= 11 is 0. The van der Waals surface area contributed by atoms with E-state index in [2.05, 4.69) is 61.1 Å². The van der Waals surface area contributed by atoms with Crippen LogP contribution < -0.4 is 0 Å². The van der Waals surface area contributed by atoms with Crippen molar-refractivity contribution in [2.24, 2.45) is 5.41 Å². The van der Waals surface area contributed by atoms with Crippen molar-refractivity contribution in [3.8, 4) is 0 Å². The summed E-state index contributed by atoms with van der Waals surface area (Å²) in [5.41, 5.74) is 1.39. The van der Waals surface area contributed by atoms with E-state index >= 15 is 0 Å². The molecule has 3 aliphatic heterocycles. The maximum absolute atomic E-state index is 2.85. The summed E-state index contributed by atoms with van der Waals surface area (Å²) in [5, 5.41) is 0. The Morgan fingerprint density at radius 2 is 0.966 bits per heavy atom. The average Bonchev–Trinajstić information content (AvgIpc) is 2.65. The SMILES string of the molecule is CC(C)(C)N1CCC(N2CCN(C3CC4(CCN(C(C)(C)C)CC4)C3)CC2)CC1. The molecule has 0 unspecified atom stereocenters. The molecule has 4 rings (SSSR count). The van der Waals surface area contributed by atoms with Crippen LogP contribution in [-0.2, 0) is 0 Å². The van der Waals surface area contributed by atoms with Crippen LogP contribution in [0.2, 0.25) is 0 Å². The van der Waals surface area contributed by atoms with Crippen LogP contribution in [0.3, 0.4) is 0 Å². The molecular weight excluding hydrogens is 356 g/mol. The fraction of sp³-hybridized carbons (Fsp3) is 1.00. The van der Waals surface area contributed by atoms with Crippen LogP contribution in [-0.4, -0.2) is 95.1 Å². The Hall–Kier alpha value is -0.160. The van der Waals surface area contributed by atoms with Crippen LogP contribution in [0.4, 0.5) is 0 Å². The van der Waals surface area contributed by atoms with Crippen molar-refractivity contribution in [1.82, 2.24) is 19.6 Å². The van der Waals surface area contributed by atoms with E-state index in [4.69, 9.17) is 0 Å². The van der Waals surface area contributed by atoms with E-state index in [1.165, 1.54) is 90.9 Å². The zero-order valence-electron chi connectivity index (χ0n) is 20.3. The molecule has 4 aliphatic rings. The highest BCUT2D eigenvalue weighted by atomic mass is 15.3. The van der Waals surface area contributed by atoms with Gasteiger partial charge in [0.25, 0.3) is 0 Å². The fourth-order valence-electron chi connectivity index (χ4n) is 6.63. The Labute approximate surface area is 181 Å². The third-order valence-electron chi connectivity index (χ3n) is 8.90. The number of hydrogen-bond donors (Lipinski definition) is 0. The molecule has 0 aromatic rings. The second-order valence-corrected chi connectivity index (χ2v) is 12.7. The van der Waals surface area contributed by atoms with Gasteiger partial charge in [0.05, 0.1) is 0 Å². The van der Waals surface area contributed by atoms with E-state index in [0.717, 1.165) is 12.1 Å². The van der Waals surface area contributed by atoms with E-state index in [0.29, 0.717) is 16.5 Å². The molecule has 0 aromatic carbocycles. The highest BCUT2D eigenvalue weighted by Crippen LogP contribution is 2.51. The van der Waals surface area contributed by atoms with Crippen molar-refractivity contribution >= 4 is 0 Å². The highest BCUT2D eigenvalue weighted by molar-refractivity contribution is 5.03. The molecule has 0 amide bonds. The molecule has 4 fully saturated rings. The van der Waals surface area contributed by atoms with Gasteiger partial charge in [0.15, 0.2) is 0 Å². The second kappa shape index (κ2) is 8.07. The maximum atomic E-state index is 2.85. The molecule has 168 valence electrons. The number of piperidine rings is 2. The molecule has 4 heteroatoms. The van der Waals surface area contributed by atoms with Crippen molar-refractivity contribution in [3.05, 3.63) is 0 Å². The molecule has 0 radical (unpaired) electrons. The molecule has 1 saturated carbocycles. The van der Waals surface area contributed by atoms with Crippen molar-refractivity contribution in [2.45, 2.75) is 103 Å². The number of piperazine rings is 1. The molecule has 0 bridgehead atoms. The predicted molar refractivity (Wildman–Crippen MR) is 124 cm³/mol. The first-order valence-electron chi connectivity index (χ1n) is 12.5. The van der Waals surface area contributed by atoms with Crippen LogP contribution in [0.15, 0.2) is 0 Å². The van der Waals surface area contributed by atoms with Crippen LogP contribution in [0, 0.1) is 5.41 Å². The minimum absolute atomic E-state index is 0.340. The van der Waals surface area contributed by atoms with E-state index in [1.54, 1.807) is 0 Å². The summed E-state index contributed by atoms with van der Waals surface area (Å²) < 4.78 is 0. The van der Waals surface area contributed by atoms with Gasteiger partial charge in [-0.15, -0.1) is 0 Å². The zero-order valence-corrected chi connectivity index (χ0v) is 20.3. The molecule has 29 heavy (non-hydrogen) atoms. The van der Waals surface area contributed by atoms with Crippen LogP contribution >= 0.6 is 0 Å². The van der Waals surface area contributed by atoms with Crippen molar-refractivity contribution in [2.75, 3.05) is 52.4 Å². The summed E-state index contributed by atoms with van der Waals surface area (Å²) in [5.74, 6) is 0. The number of hydrogen-bond acceptors (Lipinski definition) is 4. The lowest BCUT2D eigenvalue weighted by Crippen LogP contribution is -2.61. The van der Waals surface area contributed by atoms with E-state index < -0.39 is 0 Å². The van der Waals surface area contributed by atoms with Gasteiger partial charge in [0, 0.05) is 62.4 Å². The van der Waals surface area contributed by atoms with Gasteiger partial charge in [-0.05, 0) is 98.6 Å². The van der Waals surface area contributed by atoms with Gasteiger partial charge in [0.2, 0.25) is 0 Å². The fourth-order valence-corrected chi connectivity index (χ4v) is 6.63. The van der Waals surface area contributed by atoms with Crippen molar-refractivity contribution in [1.29, 1.82) is 0 Å². The average molecular weight is 405 g/mol. The van der Waals surface area contributed by atoms with Gasteiger partial charge in [-0.2, -0.15) is 0 Å². The summed E-state index contributed by atoms with van der Waals surface area (Å²) in [6.45, 7) is 24.7. The summed E-state index contributed by atoms with van der Waals surface area (Å²) in [4.78, 5) is 11.1. The van der Waals surface area contributed by atoms with Gasteiger partial charge in [-0.3, -0.25) is 19.6 Å². The molecule has 3 heterocycles. The summed E-state index contributed by atoms with van der Waals surface area (Å²) in [6, 6.07) is 1.73. The molecule has 4 nitrogen and oxygen atoms in total. The normalized spacial score (nSPS) is 30.0. The van der Waals surface area contributed by atoms with Crippen molar-refractivity contribution in [3.63, 3.8) is 0 Å². The Morgan fingerprint density at radius 1 is 0.552 bits per heavy atom. The van der Waals surface area contributed by atoms with Crippen molar-refractivity contribution < 1.29 is 0 Å². The number of rotatable bonds is 2. The standard InChI is InChI=1S/C25H48N4/c1-23(2,3)28-11-7-21(8-12-28)26-15-17-27(18-16-26)22-19-25(20-22)9-13-29(14-10-25)24(4,5)6/h21-22H,7-20H2,1-6H3.